The maximum atomic E-state index is 12.9. The number of nitrogens with two attached hydrogens (primary N) is 1. The first-order valence-electron chi connectivity index (χ1n) is 10.3. The average molecular weight is 439 g/mol. The minimum Gasteiger partial charge on any atom is -0.508 e. The predicted molar refractivity (Wildman–Crippen MR) is 121 cm³/mol. The highest BCUT2D eigenvalue weighted by atomic mass is 32.2. The molecule has 1 aromatic carbocycles. The third-order valence-corrected chi connectivity index (χ3v) is 7.61. The SMILES string of the molecule is Cc1ccc(S(=O)(=O)N2CC=C(c3cc(C4=C(O)C=CC(C)C4)nnc3N)CC2)cc1. The second kappa shape index (κ2) is 8.28. The van der Waals surface area contributed by atoms with E-state index in [2.05, 4.69) is 17.1 Å². The molecule has 0 bridgehead atoms. The molecule has 8 heteroatoms. The molecule has 1 atom stereocenters. The topological polar surface area (TPSA) is 109 Å². The number of hydrogen-bond acceptors (Lipinski definition) is 6. The summed E-state index contributed by atoms with van der Waals surface area (Å²) < 4.78 is 27.4. The summed E-state index contributed by atoms with van der Waals surface area (Å²) in [7, 11) is -3.55. The molecule has 7 nitrogen and oxygen atoms in total. The molecule has 2 aliphatic rings. The van der Waals surface area contributed by atoms with Gasteiger partial charge in [-0.05, 0) is 55.5 Å². The van der Waals surface area contributed by atoms with Crippen molar-refractivity contribution in [3.63, 3.8) is 0 Å². The molecule has 0 saturated carbocycles. The highest BCUT2D eigenvalue weighted by Crippen LogP contribution is 2.33. The van der Waals surface area contributed by atoms with Gasteiger partial charge in [-0.15, -0.1) is 10.2 Å². The molecule has 1 aromatic heterocycles. The van der Waals surface area contributed by atoms with Crippen LogP contribution in [-0.2, 0) is 10.0 Å². The number of rotatable bonds is 4. The number of aryl methyl sites for hydroxylation is 1. The summed E-state index contributed by atoms with van der Waals surface area (Å²) in [5.74, 6) is 0.781. The molecule has 2 heterocycles. The van der Waals surface area contributed by atoms with Crippen LogP contribution >= 0.6 is 0 Å². The Balaban J connectivity index is 1.60. The van der Waals surface area contributed by atoms with Crippen LogP contribution in [-0.4, -0.2) is 41.1 Å². The smallest absolute Gasteiger partial charge is 0.243 e. The second-order valence-corrected chi connectivity index (χ2v) is 10.0. The Morgan fingerprint density at radius 3 is 2.61 bits per heavy atom. The van der Waals surface area contributed by atoms with Crippen molar-refractivity contribution in [2.75, 3.05) is 18.8 Å². The molecule has 1 aliphatic heterocycles. The first-order valence-corrected chi connectivity index (χ1v) is 11.7. The standard InChI is InChI=1S/C23H26N4O3S/c1-15-3-6-18(7-4-15)31(29,30)27-11-9-17(10-12-27)19-14-21(25-26-23(19)24)20-13-16(2)5-8-22(20)28/h3-9,14,16,28H,10-13H2,1-2H3,(H2,24,26). The van der Waals surface area contributed by atoms with Crippen molar-refractivity contribution >= 4 is 27.0 Å². The molecule has 0 radical (unpaired) electrons. The summed E-state index contributed by atoms with van der Waals surface area (Å²) in [6, 6.07) is 8.72. The normalized spacial score (nSPS) is 20.1. The highest BCUT2D eigenvalue weighted by Gasteiger charge is 2.27. The van der Waals surface area contributed by atoms with Crippen molar-refractivity contribution in [2.24, 2.45) is 5.92 Å². The van der Waals surface area contributed by atoms with Gasteiger partial charge < -0.3 is 10.8 Å². The molecule has 0 fully saturated rings. The van der Waals surface area contributed by atoms with Gasteiger partial charge in [-0.1, -0.05) is 36.8 Å². The van der Waals surface area contributed by atoms with Crippen LogP contribution in [0, 0.1) is 12.8 Å². The van der Waals surface area contributed by atoms with E-state index in [1.165, 1.54) is 4.31 Å². The largest absolute Gasteiger partial charge is 0.508 e. The minimum absolute atomic E-state index is 0.191. The van der Waals surface area contributed by atoms with Gasteiger partial charge in [-0.25, -0.2) is 8.42 Å². The van der Waals surface area contributed by atoms with Gasteiger partial charge in [-0.3, -0.25) is 0 Å². The van der Waals surface area contributed by atoms with Crippen LogP contribution in [0.15, 0.2) is 59.2 Å². The van der Waals surface area contributed by atoms with Crippen molar-refractivity contribution in [1.29, 1.82) is 0 Å². The molecule has 3 N–H and O–H groups in total. The van der Waals surface area contributed by atoms with Crippen LogP contribution in [0.1, 0.15) is 36.6 Å². The van der Waals surface area contributed by atoms with Gasteiger partial charge >= 0.3 is 0 Å². The van der Waals surface area contributed by atoms with Crippen molar-refractivity contribution < 1.29 is 13.5 Å². The molecule has 2 aromatic rings. The van der Waals surface area contributed by atoms with E-state index in [4.69, 9.17) is 5.73 Å². The lowest BCUT2D eigenvalue weighted by Crippen LogP contribution is -2.34. The summed E-state index contributed by atoms with van der Waals surface area (Å²) in [6.07, 6.45) is 6.71. The van der Waals surface area contributed by atoms with E-state index >= 15 is 0 Å². The Morgan fingerprint density at radius 2 is 1.94 bits per heavy atom. The number of anilines is 1. The summed E-state index contributed by atoms with van der Waals surface area (Å²) in [5.41, 5.74) is 10.1. The molecule has 0 saturated heterocycles. The van der Waals surface area contributed by atoms with Crippen LogP contribution in [0.3, 0.4) is 0 Å². The Bertz CT molecular complexity index is 1200. The third kappa shape index (κ3) is 4.26. The molecule has 1 unspecified atom stereocenters. The zero-order valence-corrected chi connectivity index (χ0v) is 18.4. The fourth-order valence-electron chi connectivity index (χ4n) is 3.86. The monoisotopic (exact) mass is 438 g/mol. The van der Waals surface area contributed by atoms with Gasteiger partial charge in [0.25, 0.3) is 0 Å². The number of aromatic nitrogens is 2. The fourth-order valence-corrected chi connectivity index (χ4v) is 5.25. The summed E-state index contributed by atoms with van der Waals surface area (Å²) in [6.45, 7) is 4.61. The highest BCUT2D eigenvalue weighted by molar-refractivity contribution is 7.89. The van der Waals surface area contributed by atoms with E-state index in [9.17, 15) is 13.5 Å². The van der Waals surface area contributed by atoms with Crippen LogP contribution in [0.25, 0.3) is 11.1 Å². The van der Waals surface area contributed by atoms with Gasteiger partial charge in [-0.2, -0.15) is 4.31 Å². The van der Waals surface area contributed by atoms with Crippen molar-refractivity contribution in [3.05, 3.63) is 71.1 Å². The van der Waals surface area contributed by atoms with Crippen LogP contribution in [0.4, 0.5) is 5.82 Å². The number of sulfonamides is 1. The predicted octanol–water partition coefficient (Wildman–Crippen LogP) is 3.71. The lowest BCUT2D eigenvalue weighted by atomic mass is 9.91. The van der Waals surface area contributed by atoms with Crippen LogP contribution in [0.5, 0.6) is 0 Å². The summed E-state index contributed by atoms with van der Waals surface area (Å²) in [5, 5.41) is 18.5. The molecule has 0 amide bonds. The Morgan fingerprint density at radius 1 is 1.19 bits per heavy atom. The molecule has 0 spiro atoms. The van der Waals surface area contributed by atoms with Crippen molar-refractivity contribution in [1.82, 2.24) is 14.5 Å². The van der Waals surface area contributed by atoms with E-state index in [0.717, 1.165) is 22.3 Å². The number of allylic oxidation sites excluding steroid dienone is 3. The summed E-state index contributed by atoms with van der Waals surface area (Å²) >= 11 is 0. The maximum Gasteiger partial charge on any atom is 0.243 e. The van der Waals surface area contributed by atoms with Crippen molar-refractivity contribution in [3.8, 4) is 0 Å². The molecule has 162 valence electrons. The molecular formula is C23H26N4O3S. The van der Waals surface area contributed by atoms with Gasteiger partial charge in [0.05, 0.1) is 10.6 Å². The van der Waals surface area contributed by atoms with E-state index in [-0.39, 0.29) is 12.3 Å². The number of aliphatic hydroxyl groups is 1. The van der Waals surface area contributed by atoms with Gasteiger partial charge in [0.2, 0.25) is 10.0 Å². The number of benzene rings is 1. The third-order valence-electron chi connectivity index (χ3n) is 5.73. The van der Waals surface area contributed by atoms with Gasteiger partial charge in [0.15, 0.2) is 5.82 Å². The lowest BCUT2D eigenvalue weighted by molar-refractivity contribution is 0.427. The lowest BCUT2D eigenvalue weighted by Gasteiger charge is -2.26. The Hall–Kier alpha value is -2.97. The first-order chi connectivity index (χ1) is 14.8. The molecule has 31 heavy (non-hydrogen) atoms. The van der Waals surface area contributed by atoms with E-state index in [1.807, 2.05) is 25.1 Å². The zero-order chi connectivity index (χ0) is 22.2. The van der Waals surface area contributed by atoms with E-state index in [1.54, 1.807) is 30.3 Å². The number of nitrogens with zero attached hydrogens (tertiary/aromatic N) is 3. The number of aliphatic hydroxyl groups excluding tert-OH is 1. The minimum atomic E-state index is -3.55. The summed E-state index contributed by atoms with van der Waals surface area (Å²) in [4.78, 5) is 0.296. The van der Waals surface area contributed by atoms with E-state index in [0.29, 0.717) is 41.7 Å². The number of nitrogen functional groups attached to an aromatic ring is 1. The molecular weight excluding hydrogens is 412 g/mol. The van der Waals surface area contributed by atoms with Crippen LogP contribution < -0.4 is 5.73 Å². The Kier molecular flexibility index (Phi) is 5.68. The van der Waals surface area contributed by atoms with E-state index < -0.39 is 10.0 Å². The second-order valence-electron chi connectivity index (χ2n) is 8.09. The van der Waals surface area contributed by atoms with Crippen molar-refractivity contribution in [2.45, 2.75) is 31.6 Å². The van der Waals surface area contributed by atoms with Gasteiger partial charge in [0.1, 0.15) is 5.76 Å². The van der Waals surface area contributed by atoms with Gasteiger partial charge in [0, 0.05) is 24.2 Å². The average Bonchev–Trinajstić information content (AvgIpc) is 2.76. The Labute approximate surface area is 182 Å². The number of hydrogen-bond donors (Lipinski definition) is 2. The fraction of sp³-hybridized carbons (Fsp3) is 0.304. The quantitative estimate of drug-likeness (QED) is 0.753. The van der Waals surface area contributed by atoms with Crippen LogP contribution in [0.2, 0.25) is 0 Å². The zero-order valence-electron chi connectivity index (χ0n) is 17.6. The molecule has 4 rings (SSSR count). The maximum absolute atomic E-state index is 12.9. The first kappa shape index (κ1) is 21.3. The molecule has 1 aliphatic carbocycles.